The largest absolute Gasteiger partial charge is 0.496 e. The van der Waals surface area contributed by atoms with E-state index in [0.29, 0.717) is 5.92 Å². The van der Waals surface area contributed by atoms with Gasteiger partial charge in [-0.05, 0) is 33.8 Å². The van der Waals surface area contributed by atoms with Crippen LogP contribution in [-0.2, 0) is 0 Å². The molecule has 0 amide bonds. The topological polar surface area (TPSA) is 35.2 Å². The second-order valence-electron chi connectivity index (χ2n) is 7.35. The van der Waals surface area contributed by atoms with Crippen molar-refractivity contribution in [2.24, 2.45) is 22.5 Å². The maximum absolute atomic E-state index is 6.67. The molecule has 0 bridgehead atoms. The first-order valence-electron chi connectivity index (χ1n) is 7.63. The zero-order valence-electron chi connectivity index (χ0n) is 13.6. The van der Waals surface area contributed by atoms with Gasteiger partial charge in [-0.25, -0.2) is 0 Å². The van der Waals surface area contributed by atoms with Crippen molar-refractivity contribution in [3.8, 4) is 5.75 Å². The molecule has 2 N–H and O–H groups in total. The van der Waals surface area contributed by atoms with Crippen LogP contribution in [0.3, 0.4) is 0 Å². The third-order valence-electron chi connectivity index (χ3n) is 5.99. The van der Waals surface area contributed by atoms with Crippen molar-refractivity contribution in [3.63, 3.8) is 0 Å². The lowest BCUT2D eigenvalue weighted by Gasteiger charge is -2.18. The third kappa shape index (κ3) is 1.89. The van der Waals surface area contributed by atoms with Crippen LogP contribution in [0.5, 0.6) is 5.75 Å². The standard InChI is InChI=1S/C19H25NO/c1-18(2)17(19(18,3)4)16(20)14-10-11-15(21-5)13-9-7-6-8-12(13)14/h6-11,16-17H,20H2,1-5H3. The number of fused-ring (bicyclic) bond motifs is 1. The first kappa shape index (κ1) is 14.4. The summed E-state index contributed by atoms with van der Waals surface area (Å²) >= 11 is 0. The first-order chi connectivity index (χ1) is 9.82. The van der Waals surface area contributed by atoms with Crippen molar-refractivity contribution in [1.29, 1.82) is 0 Å². The zero-order valence-corrected chi connectivity index (χ0v) is 13.6. The highest BCUT2D eigenvalue weighted by molar-refractivity contribution is 5.91. The number of hydrogen-bond acceptors (Lipinski definition) is 2. The highest BCUT2D eigenvalue weighted by Gasteiger charge is 2.66. The van der Waals surface area contributed by atoms with E-state index in [2.05, 4.69) is 52.0 Å². The predicted molar refractivity (Wildman–Crippen MR) is 88.5 cm³/mol. The maximum Gasteiger partial charge on any atom is 0.126 e. The predicted octanol–water partition coefficient (Wildman–Crippen LogP) is 4.53. The lowest BCUT2D eigenvalue weighted by molar-refractivity contribution is 0.419. The summed E-state index contributed by atoms with van der Waals surface area (Å²) in [6, 6.07) is 12.6. The van der Waals surface area contributed by atoms with Crippen LogP contribution >= 0.6 is 0 Å². The average molecular weight is 283 g/mol. The van der Waals surface area contributed by atoms with E-state index in [0.717, 1.165) is 11.1 Å². The van der Waals surface area contributed by atoms with Gasteiger partial charge in [-0.1, -0.05) is 58.0 Å². The maximum atomic E-state index is 6.67. The molecule has 1 fully saturated rings. The van der Waals surface area contributed by atoms with Crippen LogP contribution in [0, 0.1) is 16.7 Å². The second-order valence-corrected chi connectivity index (χ2v) is 7.35. The monoisotopic (exact) mass is 283 g/mol. The number of hydrogen-bond donors (Lipinski definition) is 1. The van der Waals surface area contributed by atoms with Gasteiger partial charge in [0.25, 0.3) is 0 Å². The summed E-state index contributed by atoms with van der Waals surface area (Å²) in [5.41, 5.74) is 8.47. The summed E-state index contributed by atoms with van der Waals surface area (Å²) in [7, 11) is 1.72. The molecule has 2 heteroatoms. The Hall–Kier alpha value is -1.54. The molecule has 0 radical (unpaired) electrons. The molecular formula is C19H25NO. The van der Waals surface area contributed by atoms with E-state index in [1.807, 2.05) is 12.1 Å². The van der Waals surface area contributed by atoms with E-state index in [-0.39, 0.29) is 16.9 Å². The van der Waals surface area contributed by atoms with Gasteiger partial charge in [0.2, 0.25) is 0 Å². The van der Waals surface area contributed by atoms with E-state index in [1.165, 1.54) is 10.9 Å². The minimum absolute atomic E-state index is 0.0609. The summed E-state index contributed by atoms with van der Waals surface area (Å²) in [5.74, 6) is 1.41. The number of benzene rings is 2. The molecule has 1 unspecified atom stereocenters. The lowest BCUT2D eigenvalue weighted by Crippen LogP contribution is -2.17. The van der Waals surface area contributed by atoms with Crippen LogP contribution in [0.2, 0.25) is 0 Å². The Morgan fingerprint density at radius 2 is 1.52 bits per heavy atom. The average Bonchev–Trinajstić information content (AvgIpc) is 2.86. The molecule has 1 aliphatic carbocycles. The van der Waals surface area contributed by atoms with E-state index in [9.17, 15) is 0 Å². The molecule has 0 aromatic heterocycles. The van der Waals surface area contributed by atoms with Crippen LogP contribution in [-0.4, -0.2) is 7.11 Å². The Morgan fingerprint density at radius 3 is 2.05 bits per heavy atom. The minimum atomic E-state index is 0.0609. The SMILES string of the molecule is COc1ccc(C(N)C2C(C)(C)C2(C)C)c2ccccc12. The summed E-state index contributed by atoms with van der Waals surface area (Å²) in [4.78, 5) is 0. The highest BCUT2D eigenvalue weighted by Crippen LogP contribution is 2.72. The molecule has 0 heterocycles. The van der Waals surface area contributed by atoms with Crippen molar-refractivity contribution >= 4 is 10.8 Å². The van der Waals surface area contributed by atoms with Gasteiger partial charge in [0.05, 0.1) is 7.11 Å². The fraction of sp³-hybridized carbons (Fsp3) is 0.474. The quantitative estimate of drug-likeness (QED) is 0.898. The molecule has 112 valence electrons. The molecule has 2 nitrogen and oxygen atoms in total. The van der Waals surface area contributed by atoms with Crippen molar-refractivity contribution in [3.05, 3.63) is 42.0 Å². The van der Waals surface area contributed by atoms with Gasteiger partial charge in [0.1, 0.15) is 5.75 Å². The normalized spacial score (nSPS) is 21.2. The van der Waals surface area contributed by atoms with E-state index in [4.69, 9.17) is 10.5 Å². The zero-order chi connectivity index (χ0) is 15.4. The Labute approximate surface area is 127 Å². The summed E-state index contributed by atoms with van der Waals surface area (Å²) in [6.07, 6.45) is 0. The molecule has 0 aliphatic heterocycles. The number of ether oxygens (including phenoxy) is 1. The molecule has 21 heavy (non-hydrogen) atoms. The van der Waals surface area contributed by atoms with Gasteiger partial charge >= 0.3 is 0 Å². The molecule has 1 saturated carbocycles. The number of rotatable bonds is 3. The van der Waals surface area contributed by atoms with Gasteiger partial charge in [0.15, 0.2) is 0 Å². The Morgan fingerprint density at radius 1 is 0.952 bits per heavy atom. The van der Waals surface area contributed by atoms with Gasteiger partial charge in [-0.15, -0.1) is 0 Å². The van der Waals surface area contributed by atoms with Crippen molar-refractivity contribution in [2.75, 3.05) is 7.11 Å². The van der Waals surface area contributed by atoms with Gasteiger partial charge in [0, 0.05) is 11.4 Å². The summed E-state index contributed by atoms with van der Waals surface area (Å²) in [5, 5.41) is 2.35. The Bertz CT molecular complexity index is 673. The lowest BCUT2D eigenvalue weighted by atomic mass is 9.92. The van der Waals surface area contributed by atoms with E-state index >= 15 is 0 Å². The first-order valence-corrected chi connectivity index (χ1v) is 7.63. The molecular weight excluding hydrogens is 258 g/mol. The van der Waals surface area contributed by atoms with Crippen molar-refractivity contribution in [1.82, 2.24) is 0 Å². The molecule has 1 aliphatic rings. The minimum Gasteiger partial charge on any atom is -0.496 e. The van der Waals surface area contributed by atoms with Crippen LogP contribution in [0.1, 0.15) is 39.3 Å². The van der Waals surface area contributed by atoms with E-state index in [1.54, 1.807) is 7.11 Å². The van der Waals surface area contributed by atoms with Crippen LogP contribution < -0.4 is 10.5 Å². The fourth-order valence-corrected chi connectivity index (χ4v) is 4.09. The summed E-state index contributed by atoms with van der Waals surface area (Å²) < 4.78 is 5.48. The number of nitrogens with two attached hydrogens (primary N) is 1. The molecule has 0 saturated heterocycles. The third-order valence-corrected chi connectivity index (χ3v) is 5.99. The van der Waals surface area contributed by atoms with Crippen molar-refractivity contribution < 1.29 is 4.74 Å². The van der Waals surface area contributed by atoms with Gasteiger partial charge < -0.3 is 10.5 Å². The smallest absolute Gasteiger partial charge is 0.126 e. The van der Waals surface area contributed by atoms with E-state index < -0.39 is 0 Å². The van der Waals surface area contributed by atoms with Crippen molar-refractivity contribution in [2.45, 2.75) is 33.7 Å². The molecule has 3 rings (SSSR count). The van der Waals surface area contributed by atoms with Crippen LogP contribution in [0.15, 0.2) is 36.4 Å². The molecule has 1 atom stereocenters. The van der Waals surface area contributed by atoms with Crippen LogP contribution in [0.25, 0.3) is 10.8 Å². The second kappa shape index (κ2) is 4.48. The highest BCUT2D eigenvalue weighted by atomic mass is 16.5. The molecule has 2 aromatic carbocycles. The molecule has 0 spiro atoms. The summed E-state index contributed by atoms with van der Waals surface area (Å²) in [6.45, 7) is 9.29. The van der Waals surface area contributed by atoms with Crippen LogP contribution in [0.4, 0.5) is 0 Å². The molecule has 2 aromatic rings. The number of methoxy groups -OCH3 is 1. The Kier molecular flexibility index (Phi) is 3.07. The van der Waals surface area contributed by atoms with Gasteiger partial charge in [-0.2, -0.15) is 0 Å². The fourth-order valence-electron chi connectivity index (χ4n) is 4.09. The Balaban J connectivity index is 2.10. The van der Waals surface area contributed by atoms with Gasteiger partial charge in [-0.3, -0.25) is 0 Å².